The highest BCUT2D eigenvalue weighted by Gasteiger charge is 2.24. The van der Waals surface area contributed by atoms with Crippen molar-refractivity contribution >= 4 is 5.97 Å². The van der Waals surface area contributed by atoms with Crippen molar-refractivity contribution in [2.75, 3.05) is 14.2 Å². The van der Waals surface area contributed by atoms with Gasteiger partial charge in [-0.25, -0.2) is 4.39 Å². The van der Waals surface area contributed by atoms with Crippen molar-refractivity contribution in [2.45, 2.75) is 27.2 Å². The highest BCUT2D eigenvalue weighted by Crippen LogP contribution is 2.39. The predicted molar refractivity (Wildman–Crippen MR) is 69.5 cm³/mol. The van der Waals surface area contributed by atoms with Gasteiger partial charge in [0.1, 0.15) is 5.82 Å². The minimum Gasteiger partial charge on any atom is -0.493 e. The lowest BCUT2D eigenvalue weighted by atomic mass is 9.94. The van der Waals surface area contributed by atoms with Crippen molar-refractivity contribution < 1.29 is 23.8 Å². The van der Waals surface area contributed by atoms with Crippen molar-refractivity contribution in [3.8, 4) is 11.5 Å². The number of aliphatic carboxylic acids is 1. The van der Waals surface area contributed by atoms with E-state index in [4.69, 9.17) is 14.6 Å². The van der Waals surface area contributed by atoms with E-state index in [0.29, 0.717) is 28.2 Å². The molecule has 1 aromatic carbocycles. The van der Waals surface area contributed by atoms with Gasteiger partial charge in [-0.1, -0.05) is 6.92 Å². The maximum absolute atomic E-state index is 14.1. The number of hydrogen-bond donors (Lipinski definition) is 1. The molecule has 0 amide bonds. The average Bonchev–Trinajstić information content (AvgIpc) is 2.38. The molecule has 0 radical (unpaired) electrons. The number of rotatable bonds is 5. The van der Waals surface area contributed by atoms with Gasteiger partial charge in [-0.2, -0.15) is 0 Å². The molecular formula is C14H19FO4. The summed E-state index contributed by atoms with van der Waals surface area (Å²) in [6.07, 6.45) is 0.192. The second-order valence-electron chi connectivity index (χ2n) is 4.55. The molecule has 0 heterocycles. The van der Waals surface area contributed by atoms with E-state index in [1.807, 2.05) is 0 Å². The van der Waals surface area contributed by atoms with Gasteiger partial charge in [-0.15, -0.1) is 0 Å². The lowest BCUT2D eigenvalue weighted by molar-refractivity contribution is -0.141. The van der Waals surface area contributed by atoms with E-state index in [1.54, 1.807) is 20.8 Å². The third-order valence-corrected chi connectivity index (χ3v) is 3.27. The molecule has 0 fully saturated rings. The van der Waals surface area contributed by atoms with Gasteiger partial charge in [-0.05, 0) is 25.8 Å². The van der Waals surface area contributed by atoms with Gasteiger partial charge in [0, 0.05) is 11.1 Å². The summed E-state index contributed by atoms with van der Waals surface area (Å²) in [5.41, 5.74) is 1.31. The van der Waals surface area contributed by atoms with Gasteiger partial charge >= 0.3 is 5.97 Å². The number of carboxylic acid groups (broad SMARTS) is 1. The lowest BCUT2D eigenvalue weighted by Gasteiger charge is -2.19. The number of carbonyl (C=O) groups is 1. The highest BCUT2D eigenvalue weighted by molar-refractivity contribution is 5.70. The van der Waals surface area contributed by atoms with Crippen molar-refractivity contribution in [3.05, 3.63) is 22.5 Å². The molecule has 1 unspecified atom stereocenters. The van der Waals surface area contributed by atoms with Gasteiger partial charge in [0.2, 0.25) is 0 Å². The zero-order valence-electron chi connectivity index (χ0n) is 11.8. The Kier molecular flexibility index (Phi) is 4.75. The van der Waals surface area contributed by atoms with Crippen LogP contribution in [0.25, 0.3) is 0 Å². The molecule has 106 valence electrons. The first-order valence-electron chi connectivity index (χ1n) is 5.97. The Morgan fingerprint density at radius 3 is 2.16 bits per heavy atom. The molecule has 0 aliphatic rings. The van der Waals surface area contributed by atoms with E-state index < -0.39 is 11.9 Å². The fourth-order valence-corrected chi connectivity index (χ4v) is 2.09. The normalized spacial score (nSPS) is 12.1. The SMILES string of the molecule is COc1c(C)c(F)c(C)c(CC(C)C(=O)O)c1OC. The third-order valence-electron chi connectivity index (χ3n) is 3.27. The Hall–Kier alpha value is -1.78. The minimum absolute atomic E-state index is 0.192. The molecule has 1 rings (SSSR count). The maximum atomic E-state index is 14.1. The van der Waals surface area contributed by atoms with Crippen LogP contribution >= 0.6 is 0 Å². The first-order valence-corrected chi connectivity index (χ1v) is 5.97. The Labute approximate surface area is 112 Å². The van der Waals surface area contributed by atoms with E-state index in [2.05, 4.69) is 0 Å². The molecule has 0 saturated heterocycles. The summed E-state index contributed by atoms with van der Waals surface area (Å²) in [4.78, 5) is 11.0. The van der Waals surface area contributed by atoms with Crippen LogP contribution in [0.2, 0.25) is 0 Å². The van der Waals surface area contributed by atoms with Crippen LogP contribution < -0.4 is 9.47 Å². The summed E-state index contributed by atoms with van der Waals surface area (Å²) in [6, 6.07) is 0. The molecular weight excluding hydrogens is 251 g/mol. The van der Waals surface area contributed by atoms with Crippen LogP contribution in [0.1, 0.15) is 23.6 Å². The van der Waals surface area contributed by atoms with Gasteiger partial charge in [-0.3, -0.25) is 4.79 Å². The van der Waals surface area contributed by atoms with E-state index in [9.17, 15) is 9.18 Å². The molecule has 5 heteroatoms. The van der Waals surface area contributed by atoms with Crippen molar-refractivity contribution in [2.24, 2.45) is 5.92 Å². The molecule has 1 aromatic rings. The molecule has 0 bridgehead atoms. The van der Waals surface area contributed by atoms with Crippen molar-refractivity contribution in [1.82, 2.24) is 0 Å². The van der Waals surface area contributed by atoms with E-state index in [0.717, 1.165) is 0 Å². The van der Waals surface area contributed by atoms with Crippen LogP contribution in [0.4, 0.5) is 4.39 Å². The Morgan fingerprint density at radius 1 is 1.21 bits per heavy atom. The number of benzene rings is 1. The summed E-state index contributed by atoms with van der Waals surface area (Å²) in [5.74, 6) is -1.21. The van der Waals surface area contributed by atoms with Crippen LogP contribution in [-0.2, 0) is 11.2 Å². The van der Waals surface area contributed by atoms with Crippen LogP contribution in [0.3, 0.4) is 0 Å². The Balaban J connectivity index is 3.44. The molecule has 0 aliphatic heterocycles. The van der Waals surface area contributed by atoms with Crippen molar-refractivity contribution in [1.29, 1.82) is 0 Å². The molecule has 1 atom stereocenters. The van der Waals surface area contributed by atoms with Gasteiger partial charge in [0.25, 0.3) is 0 Å². The second-order valence-corrected chi connectivity index (χ2v) is 4.55. The molecule has 0 saturated carbocycles. The van der Waals surface area contributed by atoms with E-state index in [-0.39, 0.29) is 12.2 Å². The minimum atomic E-state index is -0.929. The van der Waals surface area contributed by atoms with Crippen LogP contribution in [0, 0.1) is 25.6 Å². The smallest absolute Gasteiger partial charge is 0.306 e. The summed E-state index contributed by atoms with van der Waals surface area (Å²) in [6.45, 7) is 4.80. The molecule has 0 aromatic heterocycles. The molecule has 4 nitrogen and oxygen atoms in total. The Morgan fingerprint density at radius 2 is 1.74 bits per heavy atom. The third kappa shape index (κ3) is 2.80. The standard InChI is InChI=1S/C14H19FO4/c1-7(14(16)17)6-10-8(2)11(15)9(3)12(18-4)13(10)19-5/h7H,6H2,1-5H3,(H,16,17). The van der Waals surface area contributed by atoms with Gasteiger partial charge < -0.3 is 14.6 Å². The summed E-state index contributed by atoms with van der Waals surface area (Å²) in [7, 11) is 2.90. The fourth-order valence-electron chi connectivity index (χ4n) is 2.09. The Bertz CT molecular complexity index is 497. The molecule has 1 N–H and O–H groups in total. The van der Waals surface area contributed by atoms with Gasteiger partial charge in [0.15, 0.2) is 11.5 Å². The first-order chi connectivity index (χ1) is 8.84. The van der Waals surface area contributed by atoms with Crippen LogP contribution in [0.15, 0.2) is 0 Å². The number of hydrogen-bond acceptors (Lipinski definition) is 3. The largest absolute Gasteiger partial charge is 0.493 e. The number of ether oxygens (including phenoxy) is 2. The first kappa shape index (κ1) is 15.3. The molecule has 0 aliphatic carbocycles. The number of halogens is 1. The zero-order valence-corrected chi connectivity index (χ0v) is 11.8. The predicted octanol–water partition coefficient (Wildman–Crippen LogP) is 2.72. The van der Waals surface area contributed by atoms with Crippen molar-refractivity contribution in [3.63, 3.8) is 0 Å². The maximum Gasteiger partial charge on any atom is 0.306 e. The lowest BCUT2D eigenvalue weighted by Crippen LogP contribution is -2.15. The zero-order chi connectivity index (χ0) is 14.7. The molecule has 19 heavy (non-hydrogen) atoms. The monoisotopic (exact) mass is 270 g/mol. The van der Waals surface area contributed by atoms with E-state index in [1.165, 1.54) is 14.2 Å². The van der Waals surface area contributed by atoms with Gasteiger partial charge in [0.05, 0.1) is 20.1 Å². The second kappa shape index (κ2) is 5.91. The number of carboxylic acids is 1. The summed E-state index contributed by atoms with van der Waals surface area (Å²) in [5, 5.41) is 8.98. The topological polar surface area (TPSA) is 55.8 Å². The van der Waals surface area contributed by atoms with Crippen LogP contribution in [-0.4, -0.2) is 25.3 Å². The highest BCUT2D eigenvalue weighted by atomic mass is 19.1. The molecule has 0 spiro atoms. The van der Waals surface area contributed by atoms with E-state index >= 15 is 0 Å². The summed E-state index contributed by atoms with van der Waals surface area (Å²) >= 11 is 0. The quantitative estimate of drug-likeness (QED) is 0.893. The fraction of sp³-hybridized carbons (Fsp3) is 0.500. The van der Waals surface area contributed by atoms with Crippen LogP contribution in [0.5, 0.6) is 11.5 Å². The summed E-state index contributed by atoms with van der Waals surface area (Å²) < 4.78 is 24.6. The number of methoxy groups -OCH3 is 2. The average molecular weight is 270 g/mol.